The van der Waals surface area contributed by atoms with Crippen molar-refractivity contribution < 1.29 is 17.9 Å². The number of piperidine rings is 1. The summed E-state index contributed by atoms with van der Waals surface area (Å²) >= 11 is 0. The number of alkyl halides is 3. The second-order valence-electron chi connectivity index (χ2n) is 6.83. The third-order valence-electron chi connectivity index (χ3n) is 4.69. The van der Waals surface area contributed by atoms with Crippen LogP contribution in [-0.2, 0) is 6.54 Å². The van der Waals surface area contributed by atoms with Crippen molar-refractivity contribution in [2.75, 3.05) is 25.0 Å². The summed E-state index contributed by atoms with van der Waals surface area (Å²) in [5, 5.41) is 0. The molecule has 0 N–H and O–H groups in total. The summed E-state index contributed by atoms with van der Waals surface area (Å²) in [6.07, 6.45) is -0.790. The first-order valence-electron chi connectivity index (χ1n) is 8.90. The molecule has 1 aromatic carbocycles. The molecule has 1 atom stereocenters. The van der Waals surface area contributed by atoms with Crippen LogP contribution in [0.2, 0.25) is 0 Å². The first kappa shape index (κ1) is 19.4. The molecule has 5 nitrogen and oxygen atoms in total. The number of aromatic nitrogens is 2. The largest absolute Gasteiger partial charge is 0.573 e. The van der Waals surface area contributed by atoms with Crippen LogP contribution in [-0.4, -0.2) is 47.4 Å². The van der Waals surface area contributed by atoms with Gasteiger partial charge in [0.15, 0.2) is 0 Å². The normalized spacial score (nSPS) is 18.3. The van der Waals surface area contributed by atoms with Crippen molar-refractivity contribution in [1.82, 2.24) is 14.9 Å². The van der Waals surface area contributed by atoms with E-state index in [1.807, 2.05) is 20.0 Å². The third kappa shape index (κ3) is 5.56. The minimum atomic E-state index is -4.66. The zero-order valence-electron chi connectivity index (χ0n) is 15.4. The molecule has 0 amide bonds. The van der Waals surface area contributed by atoms with Crippen LogP contribution in [0.3, 0.4) is 0 Å². The van der Waals surface area contributed by atoms with E-state index in [0.29, 0.717) is 12.6 Å². The third-order valence-corrected chi connectivity index (χ3v) is 4.69. The topological polar surface area (TPSA) is 41.5 Å². The number of hydrogen-bond acceptors (Lipinski definition) is 5. The van der Waals surface area contributed by atoms with E-state index in [-0.39, 0.29) is 5.75 Å². The van der Waals surface area contributed by atoms with Crippen molar-refractivity contribution in [3.8, 4) is 5.75 Å². The van der Waals surface area contributed by atoms with Crippen molar-refractivity contribution in [2.24, 2.45) is 0 Å². The van der Waals surface area contributed by atoms with Crippen LogP contribution in [0.4, 0.5) is 19.1 Å². The lowest BCUT2D eigenvalue weighted by Crippen LogP contribution is -2.46. The minimum absolute atomic E-state index is 0.195. The Morgan fingerprint density at radius 1 is 1.22 bits per heavy atom. The number of halogens is 3. The minimum Gasteiger partial charge on any atom is -0.406 e. The molecule has 1 aliphatic heterocycles. The average molecular weight is 380 g/mol. The summed E-state index contributed by atoms with van der Waals surface area (Å²) in [6.45, 7) is 4.44. The molecule has 8 heteroatoms. The van der Waals surface area contributed by atoms with Crippen molar-refractivity contribution in [1.29, 1.82) is 0 Å². The lowest BCUT2D eigenvalue weighted by atomic mass is 10.0. The second kappa shape index (κ2) is 8.12. The Morgan fingerprint density at radius 2 is 1.96 bits per heavy atom. The molecule has 0 radical (unpaired) electrons. The molecule has 1 fully saturated rings. The van der Waals surface area contributed by atoms with Gasteiger partial charge in [-0.05, 0) is 50.1 Å². The molecule has 0 bridgehead atoms. The number of likely N-dealkylation sites (N-methyl/N-ethyl adjacent to an activating group) is 1. The van der Waals surface area contributed by atoms with Gasteiger partial charge in [0.05, 0.1) is 0 Å². The molecule has 2 aromatic rings. The molecule has 3 rings (SSSR count). The van der Waals surface area contributed by atoms with Crippen LogP contribution in [0.5, 0.6) is 5.75 Å². The van der Waals surface area contributed by atoms with Crippen molar-refractivity contribution in [3.63, 3.8) is 0 Å². The molecule has 0 saturated carbocycles. The molecule has 1 unspecified atom stereocenters. The molecule has 27 heavy (non-hydrogen) atoms. The van der Waals surface area contributed by atoms with Gasteiger partial charge in [0.2, 0.25) is 5.95 Å². The zero-order valence-corrected chi connectivity index (χ0v) is 15.4. The quantitative estimate of drug-likeness (QED) is 0.790. The fourth-order valence-electron chi connectivity index (χ4n) is 3.31. The van der Waals surface area contributed by atoms with Crippen LogP contribution in [0.1, 0.15) is 24.1 Å². The Morgan fingerprint density at radius 3 is 2.63 bits per heavy atom. The molecule has 1 saturated heterocycles. The van der Waals surface area contributed by atoms with Crippen LogP contribution < -0.4 is 9.64 Å². The molecular formula is C19H23F3N4O. The van der Waals surface area contributed by atoms with E-state index in [0.717, 1.165) is 43.1 Å². The van der Waals surface area contributed by atoms with Crippen molar-refractivity contribution in [3.05, 3.63) is 47.8 Å². The van der Waals surface area contributed by atoms with Crippen LogP contribution in [0.25, 0.3) is 0 Å². The summed E-state index contributed by atoms with van der Waals surface area (Å²) < 4.78 is 40.7. The van der Waals surface area contributed by atoms with Gasteiger partial charge in [0.1, 0.15) is 5.75 Å². The van der Waals surface area contributed by atoms with Gasteiger partial charge in [-0.3, -0.25) is 4.90 Å². The number of nitrogens with zero attached hydrogens (tertiary/aromatic N) is 4. The van der Waals surface area contributed by atoms with E-state index in [9.17, 15) is 13.2 Å². The summed E-state index contributed by atoms with van der Waals surface area (Å²) in [6, 6.07) is 8.24. The van der Waals surface area contributed by atoms with E-state index in [1.54, 1.807) is 18.3 Å². The van der Waals surface area contributed by atoms with Gasteiger partial charge in [-0.25, -0.2) is 9.97 Å². The molecule has 0 aliphatic carbocycles. The van der Waals surface area contributed by atoms with Gasteiger partial charge in [-0.1, -0.05) is 12.1 Å². The van der Waals surface area contributed by atoms with Gasteiger partial charge in [0.25, 0.3) is 0 Å². The van der Waals surface area contributed by atoms with E-state index >= 15 is 0 Å². The van der Waals surface area contributed by atoms with E-state index in [4.69, 9.17) is 0 Å². The van der Waals surface area contributed by atoms with Gasteiger partial charge in [0, 0.05) is 38.1 Å². The first-order chi connectivity index (χ1) is 12.8. The fraction of sp³-hybridized carbons (Fsp3) is 0.474. The molecule has 1 aliphatic rings. The Kier molecular flexibility index (Phi) is 5.84. The zero-order chi connectivity index (χ0) is 19.4. The number of aryl methyl sites for hydroxylation is 1. The number of likely N-dealkylation sites (tertiary alicyclic amines) is 1. The van der Waals surface area contributed by atoms with Gasteiger partial charge in [-0.15, -0.1) is 13.2 Å². The van der Waals surface area contributed by atoms with Crippen LogP contribution in [0.15, 0.2) is 36.5 Å². The summed E-state index contributed by atoms with van der Waals surface area (Å²) in [4.78, 5) is 13.3. The summed E-state index contributed by atoms with van der Waals surface area (Å²) in [7, 11) is 2.01. The fourth-order valence-corrected chi connectivity index (χ4v) is 3.31. The lowest BCUT2D eigenvalue weighted by molar-refractivity contribution is -0.274. The standard InChI is InChI=1S/C19H23F3N4O/c1-14-9-10-23-18(24-14)25(2)16-4-3-11-26(13-16)12-15-5-7-17(8-6-15)27-19(20,21)22/h5-10,16H,3-4,11-13H2,1-2H3. The highest BCUT2D eigenvalue weighted by atomic mass is 19.4. The summed E-state index contributed by atoms with van der Waals surface area (Å²) in [5.74, 6) is 0.523. The second-order valence-corrected chi connectivity index (χ2v) is 6.83. The van der Waals surface area contributed by atoms with E-state index < -0.39 is 6.36 Å². The highest BCUT2D eigenvalue weighted by Gasteiger charge is 2.31. The number of hydrogen-bond donors (Lipinski definition) is 0. The molecule has 1 aromatic heterocycles. The van der Waals surface area contributed by atoms with Crippen LogP contribution >= 0.6 is 0 Å². The number of rotatable bonds is 5. The average Bonchev–Trinajstić information content (AvgIpc) is 2.62. The molecule has 0 spiro atoms. The monoisotopic (exact) mass is 380 g/mol. The number of anilines is 1. The lowest BCUT2D eigenvalue weighted by Gasteiger charge is -2.37. The van der Waals surface area contributed by atoms with Gasteiger partial charge in [-0.2, -0.15) is 0 Å². The maximum absolute atomic E-state index is 12.3. The van der Waals surface area contributed by atoms with E-state index in [1.165, 1.54) is 12.1 Å². The van der Waals surface area contributed by atoms with Crippen molar-refractivity contribution >= 4 is 5.95 Å². The Bertz CT molecular complexity index is 751. The highest BCUT2D eigenvalue weighted by molar-refractivity contribution is 5.31. The maximum Gasteiger partial charge on any atom is 0.573 e. The predicted octanol–water partition coefficient (Wildman–Crippen LogP) is 3.78. The van der Waals surface area contributed by atoms with Crippen molar-refractivity contribution in [2.45, 2.75) is 38.7 Å². The summed E-state index contributed by atoms with van der Waals surface area (Å²) in [5.41, 5.74) is 1.89. The van der Waals surface area contributed by atoms with Gasteiger partial charge < -0.3 is 9.64 Å². The Balaban J connectivity index is 1.59. The van der Waals surface area contributed by atoms with Crippen LogP contribution in [0, 0.1) is 6.92 Å². The first-order valence-corrected chi connectivity index (χ1v) is 8.90. The highest BCUT2D eigenvalue weighted by Crippen LogP contribution is 2.24. The SMILES string of the molecule is Cc1ccnc(N(C)C2CCCN(Cc3ccc(OC(F)(F)F)cc3)C2)n1. The maximum atomic E-state index is 12.3. The Labute approximate surface area is 156 Å². The molecule has 2 heterocycles. The predicted molar refractivity (Wildman–Crippen MR) is 96.6 cm³/mol. The smallest absolute Gasteiger partial charge is 0.406 e. The Hall–Kier alpha value is -2.35. The molecule has 146 valence electrons. The molecular weight excluding hydrogens is 357 g/mol. The van der Waals surface area contributed by atoms with Gasteiger partial charge >= 0.3 is 6.36 Å². The number of ether oxygens (including phenoxy) is 1. The van der Waals surface area contributed by atoms with E-state index in [2.05, 4.69) is 24.5 Å². The number of benzene rings is 1.